The molecule has 1 N–H and O–H groups in total. The molecule has 0 aliphatic heterocycles. The molecule has 0 bridgehead atoms. The number of aryl methyl sites for hydroxylation is 1. The summed E-state index contributed by atoms with van der Waals surface area (Å²) in [6.45, 7) is 7.61. The fourth-order valence-corrected chi connectivity index (χ4v) is 3.68. The first-order chi connectivity index (χ1) is 14.8. The van der Waals surface area contributed by atoms with Gasteiger partial charge in [-0.25, -0.2) is 10.2 Å². The zero-order valence-corrected chi connectivity index (χ0v) is 19.4. The lowest BCUT2D eigenvalue weighted by Crippen LogP contribution is -2.18. The Balaban J connectivity index is 1.76. The standard InChI is InChI=1S/C24H24BrN3O3/c1-15(2)31-24(30)18-9-11-20(12-10-18)28-16(3)13-19(17(28)4)14-26-27-23(29)21-7-5-6-8-22(21)25/h5-15H,1-4H3,(H,27,29)/b26-14+. The van der Waals surface area contributed by atoms with Crippen molar-refractivity contribution in [3.05, 3.63) is 87.1 Å². The highest BCUT2D eigenvalue weighted by Gasteiger charge is 2.13. The molecule has 0 saturated heterocycles. The van der Waals surface area contributed by atoms with Gasteiger partial charge in [0, 0.05) is 27.1 Å². The minimum Gasteiger partial charge on any atom is -0.459 e. The van der Waals surface area contributed by atoms with Crippen molar-refractivity contribution in [2.75, 3.05) is 0 Å². The van der Waals surface area contributed by atoms with Crippen LogP contribution in [0.2, 0.25) is 0 Å². The van der Waals surface area contributed by atoms with Gasteiger partial charge in [0.1, 0.15) is 0 Å². The van der Waals surface area contributed by atoms with Crippen molar-refractivity contribution < 1.29 is 14.3 Å². The van der Waals surface area contributed by atoms with Gasteiger partial charge in [-0.15, -0.1) is 0 Å². The third kappa shape index (κ3) is 5.30. The van der Waals surface area contributed by atoms with Gasteiger partial charge in [-0.3, -0.25) is 4.79 Å². The minimum absolute atomic E-state index is 0.161. The summed E-state index contributed by atoms with van der Waals surface area (Å²) >= 11 is 3.36. The van der Waals surface area contributed by atoms with Crippen molar-refractivity contribution >= 4 is 34.0 Å². The first kappa shape index (κ1) is 22.5. The van der Waals surface area contributed by atoms with E-state index in [1.807, 2.05) is 52.0 Å². The van der Waals surface area contributed by atoms with Crippen molar-refractivity contribution in [3.8, 4) is 5.69 Å². The molecule has 0 aliphatic rings. The molecule has 1 heterocycles. The lowest BCUT2D eigenvalue weighted by Gasteiger charge is -2.11. The van der Waals surface area contributed by atoms with E-state index in [0.29, 0.717) is 15.6 Å². The maximum atomic E-state index is 12.3. The van der Waals surface area contributed by atoms with E-state index in [4.69, 9.17) is 4.74 Å². The van der Waals surface area contributed by atoms with E-state index in [-0.39, 0.29) is 18.0 Å². The Kier molecular flexibility index (Phi) is 7.07. The highest BCUT2D eigenvalue weighted by atomic mass is 79.9. The summed E-state index contributed by atoms with van der Waals surface area (Å²) in [5.41, 5.74) is 7.37. The number of ether oxygens (including phenoxy) is 1. The summed E-state index contributed by atoms with van der Waals surface area (Å²) in [6.07, 6.45) is 1.47. The van der Waals surface area contributed by atoms with E-state index in [9.17, 15) is 9.59 Å². The van der Waals surface area contributed by atoms with Gasteiger partial charge in [0.05, 0.1) is 23.4 Å². The Morgan fingerprint density at radius 2 is 1.77 bits per heavy atom. The van der Waals surface area contributed by atoms with Gasteiger partial charge in [0.2, 0.25) is 0 Å². The van der Waals surface area contributed by atoms with E-state index in [0.717, 1.165) is 22.6 Å². The van der Waals surface area contributed by atoms with Gasteiger partial charge in [-0.05, 0) is 86.1 Å². The third-order valence-electron chi connectivity index (χ3n) is 4.66. The number of carbonyl (C=O) groups is 2. The predicted molar refractivity (Wildman–Crippen MR) is 125 cm³/mol. The average Bonchev–Trinajstić information content (AvgIpc) is 3.01. The lowest BCUT2D eigenvalue weighted by atomic mass is 10.2. The molecule has 0 fully saturated rings. The van der Waals surface area contributed by atoms with Gasteiger partial charge in [0.15, 0.2) is 0 Å². The molecule has 0 unspecified atom stereocenters. The van der Waals surface area contributed by atoms with Crippen LogP contribution in [0.25, 0.3) is 5.69 Å². The Bertz CT molecular complexity index is 1130. The first-order valence-electron chi connectivity index (χ1n) is 9.86. The number of amides is 1. The van der Waals surface area contributed by atoms with Crippen LogP contribution in [0.1, 0.15) is 51.5 Å². The van der Waals surface area contributed by atoms with Crippen molar-refractivity contribution in [3.63, 3.8) is 0 Å². The maximum Gasteiger partial charge on any atom is 0.338 e. The van der Waals surface area contributed by atoms with Crippen LogP contribution in [0.3, 0.4) is 0 Å². The van der Waals surface area contributed by atoms with E-state index in [1.165, 1.54) is 0 Å². The summed E-state index contributed by atoms with van der Waals surface area (Å²) in [7, 11) is 0. The van der Waals surface area contributed by atoms with Crippen molar-refractivity contribution in [1.82, 2.24) is 9.99 Å². The first-order valence-corrected chi connectivity index (χ1v) is 10.7. The van der Waals surface area contributed by atoms with Gasteiger partial charge >= 0.3 is 5.97 Å². The van der Waals surface area contributed by atoms with E-state index < -0.39 is 0 Å². The predicted octanol–water partition coefficient (Wildman–Crippen LogP) is 5.19. The summed E-state index contributed by atoms with van der Waals surface area (Å²) < 4.78 is 8.01. The normalized spacial score (nSPS) is 11.2. The third-order valence-corrected chi connectivity index (χ3v) is 5.35. The number of aromatic nitrogens is 1. The molecule has 1 amide bonds. The number of hydrazone groups is 1. The molecule has 31 heavy (non-hydrogen) atoms. The number of esters is 1. The monoisotopic (exact) mass is 481 g/mol. The van der Waals surface area contributed by atoms with Crippen LogP contribution < -0.4 is 5.43 Å². The molecule has 0 saturated carbocycles. The van der Waals surface area contributed by atoms with E-state index >= 15 is 0 Å². The molecule has 0 spiro atoms. The summed E-state index contributed by atoms with van der Waals surface area (Å²) in [6, 6.07) is 16.4. The van der Waals surface area contributed by atoms with Crippen LogP contribution in [0, 0.1) is 13.8 Å². The molecule has 6 nitrogen and oxygen atoms in total. The van der Waals surface area contributed by atoms with Crippen LogP contribution in [-0.2, 0) is 4.74 Å². The molecule has 2 aromatic carbocycles. The molecule has 3 aromatic rings. The number of hydrogen-bond acceptors (Lipinski definition) is 4. The topological polar surface area (TPSA) is 72.7 Å². The second-order valence-electron chi connectivity index (χ2n) is 7.34. The largest absolute Gasteiger partial charge is 0.459 e. The molecule has 0 radical (unpaired) electrons. The van der Waals surface area contributed by atoms with Crippen LogP contribution in [0.15, 0.2) is 64.2 Å². The Morgan fingerprint density at radius 1 is 1.10 bits per heavy atom. The van der Waals surface area contributed by atoms with Crippen molar-refractivity contribution in [1.29, 1.82) is 0 Å². The Morgan fingerprint density at radius 3 is 2.42 bits per heavy atom. The molecule has 7 heteroatoms. The number of rotatable bonds is 6. The van der Waals surface area contributed by atoms with Gasteiger partial charge in [-0.2, -0.15) is 5.10 Å². The fraction of sp³-hybridized carbons (Fsp3) is 0.208. The number of hydrogen-bond donors (Lipinski definition) is 1. The molecule has 0 aliphatic carbocycles. The zero-order chi connectivity index (χ0) is 22.5. The molecule has 3 rings (SSSR count). The molecular weight excluding hydrogens is 458 g/mol. The zero-order valence-electron chi connectivity index (χ0n) is 17.8. The van der Waals surface area contributed by atoms with Gasteiger partial charge < -0.3 is 9.30 Å². The van der Waals surface area contributed by atoms with E-state index in [2.05, 4.69) is 31.0 Å². The van der Waals surface area contributed by atoms with Gasteiger partial charge in [0.25, 0.3) is 5.91 Å². The Hall–Kier alpha value is -3.19. The highest BCUT2D eigenvalue weighted by molar-refractivity contribution is 9.10. The van der Waals surface area contributed by atoms with Crippen LogP contribution >= 0.6 is 15.9 Å². The van der Waals surface area contributed by atoms with Crippen molar-refractivity contribution in [2.24, 2.45) is 5.10 Å². The average molecular weight is 482 g/mol. The molecule has 0 atom stereocenters. The van der Waals surface area contributed by atoms with E-state index in [1.54, 1.807) is 36.5 Å². The highest BCUT2D eigenvalue weighted by Crippen LogP contribution is 2.21. The SMILES string of the molecule is Cc1cc(/C=N/NC(=O)c2ccccc2Br)c(C)n1-c1ccc(C(=O)OC(C)C)cc1. The second kappa shape index (κ2) is 9.75. The summed E-state index contributed by atoms with van der Waals surface area (Å²) in [4.78, 5) is 24.3. The second-order valence-corrected chi connectivity index (χ2v) is 8.20. The number of halogens is 1. The summed E-state index contributed by atoms with van der Waals surface area (Å²) in [5, 5.41) is 4.11. The molecule has 1 aromatic heterocycles. The maximum absolute atomic E-state index is 12.3. The smallest absolute Gasteiger partial charge is 0.338 e. The molecule has 160 valence electrons. The van der Waals surface area contributed by atoms with Crippen LogP contribution in [0.5, 0.6) is 0 Å². The number of nitrogens with zero attached hydrogens (tertiary/aromatic N) is 2. The number of carbonyl (C=O) groups excluding carboxylic acids is 2. The lowest BCUT2D eigenvalue weighted by molar-refractivity contribution is 0.0378. The van der Waals surface area contributed by atoms with Crippen LogP contribution in [0.4, 0.5) is 0 Å². The minimum atomic E-state index is -0.337. The van der Waals surface area contributed by atoms with Crippen LogP contribution in [-0.4, -0.2) is 28.8 Å². The quantitative estimate of drug-likeness (QED) is 0.299. The Labute approximate surface area is 190 Å². The number of benzene rings is 2. The fourth-order valence-electron chi connectivity index (χ4n) is 3.21. The molecular formula is C24H24BrN3O3. The van der Waals surface area contributed by atoms with Crippen molar-refractivity contribution in [2.45, 2.75) is 33.8 Å². The van der Waals surface area contributed by atoms with Gasteiger partial charge in [-0.1, -0.05) is 12.1 Å². The summed E-state index contributed by atoms with van der Waals surface area (Å²) in [5.74, 6) is -0.627. The number of nitrogens with one attached hydrogen (secondary N) is 1.